The van der Waals surface area contributed by atoms with Crippen LogP contribution in [0.4, 0.5) is 11.4 Å². The van der Waals surface area contributed by atoms with Crippen molar-refractivity contribution in [2.45, 2.75) is 19.9 Å². The largest absolute Gasteiger partial charge is 0.495 e. The zero-order chi connectivity index (χ0) is 15.4. The molecule has 1 aromatic carbocycles. The number of hydrogen-bond donors (Lipinski definition) is 2. The molecule has 1 aromatic heterocycles. The summed E-state index contributed by atoms with van der Waals surface area (Å²) in [4.78, 5) is 12.3. The highest BCUT2D eigenvalue weighted by molar-refractivity contribution is 6.31. The Bertz CT molecular complexity index is 652. The molecule has 5 nitrogen and oxygen atoms in total. The predicted octanol–water partition coefficient (Wildman–Crippen LogP) is 3.39. The molecule has 0 aliphatic carbocycles. The number of anilines is 2. The van der Waals surface area contributed by atoms with Crippen LogP contribution >= 0.6 is 11.6 Å². The van der Waals surface area contributed by atoms with Gasteiger partial charge in [0.05, 0.1) is 17.8 Å². The molecule has 0 fully saturated rings. The van der Waals surface area contributed by atoms with Gasteiger partial charge in [-0.3, -0.25) is 4.79 Å². The number of amides is 1. The van der Waals surface area contributed by atoms with E-state index in [4.69, 9.17) is 22.1 Å². The third kappa shape index (κ3) is 3.49. The average Bonchev–Trinajstić information content (AvgIpc) is 2.80. The van der Waals surface area contributed by atoms with Crippen molar-refractivity contribution in [3.63, 3.8) is 0 Å². The van der Waals surface area contributed by atoms with Crippen molar-refractivity contribution < 1.29 is 9.53 Å². The number of benzene rings is 1. The van der Waals surface area contributed by atoms with E-state index in [1.165, 1.54) is 0 Å². The number of carbonyl (C=O) groups excluding carboxylic acids is 1. The third-order valence-electron chi connectivity index (χ3n) is 3.05. The van der Waals surface area contributed by atoms with Gasteiger partial charge in [0.2, 0.25) is 0 Å². The summed E-state index contributed by atoms with van der Waals surface area (Å²) in [6.45, 7) is 2.78. The molecule has 0 saturated carbocycles. The zero-order valence-electron chi connectivity index (χ0n) is 12.0. The van der Waals surface area contributed by atoms with E-state index in [1.807, 2.05) is 11.5 Å². The van der Waals surface area contributed by atoms with Gasteiger partial charge in [-0.25, -0.2) is 0 Å². The maximum Gasteiger partial charge on any atom is 0.272 e. The van der Waals surface area contributed by atoms with E-state index < -0.39 is 0 Å². The number of methoxy groups -OCH3 is 1. The van der Waals surface area contributed by atoms with Gasteiger partial charge in [-0.15, -0.1) is 0 Å². The number of nitrogens with zero attached hydrogens (tertiary/aromatic N) is 1. The first-order valence-corrected chi connectivity index (χ1v) is 7.03. The van der Waals surface area contributed by atoms with E-state index in [2.05, 4.69) is 5.32 Å². The van der Waals surface area contributed by atoms with Gasteiger partial charge in [-0.2, -0.15) is 0 Å². The minimum absolute atomic E-state index is 0.222. The third-order valence-corrected chi connectivity index (χ3v) is 3.25. The quantitative estimate of drug-likeness (QED) is 0.832. The monoisotopic (exact) mass is 307 g/mol. The summed E-state index contributed by atoms with van der Waals surface area (Å²) >= 11 is 5.98. The van der Waals surface area contributed by atoms with Crippen LogP contribution in [0.15, 0.2) is 30.5 Å². The first kappa shape index (κ1) is 15.3. The first-order chi connectivity index (χ1) is 10.0. The van der Waals surface area contributed by atoms with Crippen LogP contribution in [0.5, 0.6) is 5.75 Å². The highest BCUT2D eigenvalue weighted by atomic mass is 35.5. The summed E-state index contributed by atoms with van der Waals surface area (Å²) in [7, 11) is 1.55. The van der Waals surface area contributed by atoms with Crippen molar-refractivity contribution in [2.24, 2.45) is 0 Å². The smallest absolute Gasteiger partial charge is 0.272 e. The van der Waals surface area contributed by atoms with Gasteiger partial charge in [-0.05, 0) is 30.7 Å². The van der Waals surface area contributed by atoms with Crippen LogP contribution in [-0.4, -0.2) is 17.6 Å². The summed E-state index contributed by atoms with van der Waals surface area (Å²) < 4.78 is 6.92. The summed E-state index contributed by atoms with van der Waals surface area (Å²) in [5, 5.41) is 3.35. The number of ether oxygens (including phenoxy) is 1. The lowest BCUT2D eigenvalue weighted by Crippen LogP contribution is -2.16. The summed E-state index contributed by atoms with van der Waals surface area (Å²) in [5.74, 6) is 0.352. The molecule has 1 heterocycles. The van der Waals surface area contributed by atoms with Crippen molar-refractivity contribution >= 4 is 28.9 Å². The number of nitrogens with one attached hydrogen (secondary N) is 1. The summed E-state index contributed by atoms with van der Waals surface area (Å²) in [6, 6.07) is 6.76. The fourth-order valence-corrected chi connectivity index (χ4v) is 2.32. The Hall–Kier alpha value is -2.14. The normalized spacial score (nSPS) is 10.4. The van der Waals surface area contributed by atoms with Crippen molar-refractivity contribution in [1.29, 1.82) is 0 Å². The molecule has 6 heteroatoms. The van der Waals surface area contributed by atoms with Gasteiger partial charge in [0.15, 0.2) is 0 Å². The second kappa shape index (κ2) is 6.54. The molecule has 112 valence electrons. The van der Waals surface area contributed by atoms with Crippen molar-refractivity contribution in [2.75, 3.05) is 18.2 Å². The zero-order valence-corrected chi connectivity index (χ0v) is 12.8. The minimum atomic E-state index is -0.222. The molecule has 2 aromatic rings. The molecular formula is C15H18ClN3O2. The van der Waals surface area contributed by atoms with Crippen LogP contribution < -0.4 is 15.8 Å². The van der Waals surface area contributed by atoms with Crippen LogP contribution in [0.3, 0.4) is 0 Å². The Labute approximate surface area is 128 Å². The number of nitrogen functional groups attached to an aromatic ring is 1. The van der Waals surface area contributed by atoms with Crippen LogP contribution in [0.1, 0.15) is 23.8 Å². The number of nitrogens with two attached hydrogens (primary N) is 1. The van der Waals surface area contributed by atoms with Crippen LogP contribution in [0.25, 0.3) is 0 Å². The van der Waals surface area contributed by atoms with Gasteiger partial charge >= 0.3 is 0 Å². The standard InChI is InChI=1S/C15H18ClN3O2/c1-3-6-19-9-10(16)7-13(19)15(20)18-11-4-5-14(21-2)12(17)8-11/h4-5,7-9H,3,6,17H2,1-2H3,(H,18,20). The van der Waals surface area contributed by atoms with E-state index in [9.17, 15) is 4.79 Å². The highest BCUT2D eigenvalue weighted by Crippen LogP contribution is 2.25. The molecule has 2 rings (SSSR count). The van der Waals surface area contributed by atoms with E-state index >= 15 is 0 Å². The van der Waals surface area contributed by atoms with E-state index in [-0.39, 0.29) is 5.91 Å². The van der Waals surface area contributed by atoms with Crippen LogP contribution in [-0.2, 0) is 6.54 Å². The molecule has 0 aliphatic rings. The molecule has 0 atom stereocenters. The van der Waals surface area contributed by atoms with Crippen LogP contribution in [0.2, 0.25) is 5.02 Å². The fourth-order valence-electron chi connectivity index (χ4n) is 2.10. The molecule has 0 spiro atoms. The first-order valence-electron chi connectivity index (χ1n) is 6.65. The number of aryl methyl sites for hydroxylation is 1. The van der Waals surface area contributed by atoms with Gasteiger partial charge in [0.25, 0.3) is 5.91 Å². The van der Waals surface area contributed by atoms with Crippen molar-refractivity contribution in [3.05, 3.63) is 41.2 Å². The molecule has 1 amide bonds. The number of aromatic nitrogens is 1. The Balaban J connectivity index is 2.19. The Kier molecular flexibility index (Phi) is 4.75. The maximum absolute atomic E-state index is 12.3. The van der Waals surface area contributed by atoms with Crippen LogP contribution in [0, 0.1) is 0 Å². The molecule has 0 aliphatic heterocycles. The number of hydrogen-bond acceptors (Lipinski definition) is 3. The molecule has 0 bridgehead atoms. The second-order valence-electron chi connectivity index (χ2n) is 4.65. The number of halogens is 1. The highest BCUT2D eigenvalue weighted by Gasteiger charge is 2.13. The Morgan fingerprint density at radius 3 is 2.81 bits per heavy atom. The van der Waals surface area contributed by atoms with Crippen molar-refractivity contribution in [1.82, 2.24) is 4.57 Å². The fraction of sp³-hybridized carbons (Fsp3) is 0.267. The van der Waals surface area contributed by atoms with Crippen molar-refractivity contribution in [3.8, 4) is 5.75 Å². The van der Waals surface area contributed by atoms with E-state index in [1.54, 1.807) is 37.6 Å². The number of carbonyl (C=O) groups is 1. The average molecular weight is 308 g/mol. The maximum atomic E-state index is 12.3. The lowest BCUT2D eigenvalue weighted by Gasteiger charge is -2.10. The summed E-state index contributed by atoms with van der Waals surface area (Å²) in [5.41, 5.74) is 7.43. The topological polar surface area (TPSA) is 69.3 Å². The molecule has 0 radical (unpaired) electrons. The van der Waals surface area contributed by atoms with Gasteiger partial charge in [0.1, 0.15) is 11.4 Å². The summed E-state index contributed by atoms with van der Waals surface area (Å²) in [6.07, 6.45) is 2.67. The molecule has 3 N–H and O–H groups in total. The lowest BCUT2D eigenvalue weighted by molar-refractivity contribution is 0.101. The van der Waals surface area contributed by atoms with E-state index in [0.717, 1.165) is 13.0 Å². The lowest BCUT2D eigenvalue weighted by atomic mass is 10.2. The molecular weight excluding hydrogens is 290 g/mol. The number of rotatable bonds is 5. The second-order valence-corrected chi connectivity index (χ2v) is 5.08. The Morgan fingerprint density at radius 2 is 2.19 bits per heavy atom. The van der Waals surface area contributed by atoms with E-state index in [0.29, 0.717) is 27.8 Å². The molecule has 0 saturated heterocycles. The van der Waals surface area contributed by atoms with Gasteiger partial charge in [0, 0.05) is 18.4 Å². The molecule has 0 unspecified atom stereocenters. The predicted molar refractivity (Wildman–Crippen MR) is 85.1 cm³/mol. The Morgan fingerprint density at radius 1 is 1.43 bits per heavy atom. The van der Waals surface area contributed by atoms with Gasteiger partial charge < -0.3 is 20.4 Å². The van der Waals surface area contributed by atoms with Gasteiger partial charge in [-0.1, -0.05) is 18.5 Å². The minimum Gasteiger partial charge on any atom is -0.495 e. The SMILES string of the molecule is CCCn1cc(Cl)cc1C(=O)Nc1ccc(OC)c(N)c1. The molecule has 21 heavy (non-hydrogen) atoms.